The molecule has 0 saturated carbocycles. The number of aryl methyl sites for hydroxylation is 1. The van der Waals surface area contributed by atoms with Gasteiger partial charge in [0.1, 0.15) is 0 Å². The van der Waals surface area contributed by atoms with Crippen molar-refractivity contribution in [3.05, 3.63) is 23.8 Å². The number of aliphatic hydroxyl groups excluding tert-OH is 1. The van der Waals surface area contributed by atoms with Crippen LogP contribution in [0.5, 0.6) is 0 Å². The van der Waals surface area contributed by atoms with Crippen LogP contribution in [0.1, 0.15) is 5.56 Å². The van der Waals surface area contributed by atoms with E-state index in [1.165, 1.54) is 5.56 Å². The molecule has 1 unspecified atom stereocenters. The van der Waals surface area contributed by atoms with Crippen molar-refractivity contribution >= 4 is 11.4 Å². The van der Waals surface area contributed by atoms with E-state index in [9.17, 15) is 5.11 Å². The molecule has 1 aliphatic heterocycles. The van der Waals surface area contributed by atoms with E-state index in [0.29, 0.717) is 0 Å². The Morgan fingerprint density at radius 1 is 1.15 bits per heavy atom. The van der Waals surface area contributed by atoms with Crippen LogP contribution >= 0.6 is 0 Å². The zero-order valence-electron chi connectivity index (χ0n) is 8.15. The van der Waals surface area contributed by atoms with E-state index >= 15 is 0 Å². The van der Waals surface area contributed by atoms with Crippen molar-refractivity contribution in [2.45, 2.75) is 13.3 Å². The summed E-state index contributed by atoms with van der Waals surface area (Å²) in [6.45, 7) is 2.05. The molecule has 3 nitrogen and oxygen atoms in total. The number of nitrogens with zero attached hydrogens (tertiary/aromatic N) is 2. The van der Waals surface area contributed by atoms with E-state index < -0.39 is 6.35 Å². The molecule has 0 amide bonds. The predicted octanol–water partition coefficient (Wildman–Crippen LogP) is 1.16. The first-order chi connectivity index (χ1) is 6.11. The topological polar surface area (TPSA) is 26.7 Å². The second-order valence-corrected chi connectivity index (χ2v) is 3.56. The molecule has 1 atom stereocenters. The lowest BCUT2D eigenvalue weighted by atomic mass is 10.2. The van der Waals surface area contributed by atoms with Gasteiger partial charge in [0.2, 0.25) is 6.35 Å². The van der Waals surface area contributed by atoms with Gasteiger partial charge in [-0.1, -0.05) is 6.07 Å². The molecule has 0 aromatic heterocycles. The standard InChI is InChI=1S/C10H14N2O/c1-7-4-5-8-9(6-7)12(3)10(13)11(8)2/h4-6,10,13H,1-3H3. The first-order valence-corrected chi connectivity index (χ1v) is 4.35. The Morgan fingerprint density at radius 2 is 1.77 bits per heavy atom. The van der Waals surface area contributed by atoms with E-state index in [-0.39, 0.29) is 0 Å². The van der Waals surface area contributed by atoms with Crippen molar-refractivity contribution in [2.24, 2.45) is 0 Å². The average molecular weight is 178 g/mol. The van der Waals surface area contributed by atoms with Gasteiger partial charge in [-0.05, 0) is 24.6 Å². The molecule has 2 rings (SSSR count). The molecule has 0 spiro atoms. The van der Waals surface area contributed by atoms with Crippen molar-refractivity contribution in [3.8, 4) is 0 Å². The summed E-state index contributed by atoms with van der Waals surface area (Å²) in [5.41, 5.74) is 3.39. The van der Waals surface area contributed by atoms with E-state index in [1.54, 1.807) is 0 Å². The number of aliphatic hydroxyl groups is 1. The molecule has 1 heterocycles. The lowest BCUT2D eigenvalue weighted by Crippen LogP contribution is -2.38. The zero-order chi connectivity index (χ0) is 9.59. The maximum Gasteiger partial charge on any atom is 0.207 e. The summed E-state index contributed by atoms with van der Waals surface area (Å²) < 4.78 is 0. The number of hydrogen-bond acceptors (Lipinski definition) is 3. The molecule has 0 saturated heterocycles. The first-order valence-electron chi connectivity index (χ1n) is 4.35. The van der Waals surface area contributed by atoms with Crippen molar-refractivity contribution in [1.29, 1.82) is 0 Å². The second kappa shape index (κ2) is 2.64. The van der Waals surface area contributed by atoms with Crippen LogP contribution in [0, 0.1) is 6.92 Å². The fourth-order valence-corrected chi connectivity index (χ4v) is 1.72. The van der Waals surface area contributed by atoms with E-state index in [0.717, 1.165) is 11.4 Å². The third-order valence-electron chi connectivity index (χ3n) is 2.58. The van der Waals surface area contributed by atoms with Crippen LogP contribution in [-0.2, 0) is 0 Å². The fourth-order valence-electron chi connectivity index (χ4n) is 1.72. The zero-order valence-corrected chi connectivity index (χ0v) is 8.15. The molecular weight excluding hydrogens is 164 g/mol. The molecule has 1 N–H and O–H groups in total. The summed E-state index contributed by atoms with van der Waals surface area (Å²) in [7, 11) is 3.79. The van der Waals surface area contributed by atoms with Crippen LogP contribution in [0.2, 0.25) is 0 Å². The van der Waals surface area contributed by atoms with Gasteiger partial charge in [-0.3, -0.25) is 0 Å². The summed E-state index contributed by atoms with van der Waals surface area (Å²) in [5.74, 6) is 0. The van der Waals surface area contributed by atoms with E-state index in [2.05, 4.69) is 19.1 Å². The second-order valence-electron chi connectivity index (χ2n) is 3.56. The van der Waals surface area contributed by atoms with Crippen molar-refractivity contribution in [2.75, 3.05) is 23.9 Å². The number of benzene rings is 1. The van der Waals surface area contributed by atoms with Crippen molar-refractivity contribution in [3.63, 3.8) is 0 Å². The molecule has 1 aromatic carbocycles. The molecule has 0 fully saturated rings. The number of rotatable bonds is 0. The Morgan fingerprint density at radius 3 is 2.46 bits per heavy atom. The predicted molar refractivity (Wildman–Crippen MR) is 54.0 cm³/mol. The van der Waals surface area contributed by atoms with Crippen LogP contribution in [0.3, 0.4) is 0 Å². The highest BCUT2D eigenvalue weighted by atomic mass is 16.3. The summed E-state index contributed by atoms with van der Waals surface area (Å²) in [6.07, 6.45) is -0.531. The van der Waals surface area contributed by atoms with Gasteiger partial charge in [0.25, 0.3) is 0 Å². The average Bonchev–Trinajstić information content (AvgIpc) is 2.32. The highest BCUT2D eigenvalue weighted by Gasteiger charge is 2.28. The Bertz CT molecular complexity index is 338. The fraction of sp³-hybridized carbons (Fsp3) is 0.400. The minimum absolute atomic E-state index is 0.531. The lowest BCUT2D eigenvalue weighted by Gasteiger charge is -2.21. The number of anilines is 2. The molecule has 0 radical (unpaired) electrons. The van der Waals surface area contributed by atoms with Crippen LogP contribution in [-0.4, -0.2) is 25.6 Å². The number of fused-ring (bicyclic) bond motifs is 1. The van der Waals surface area contributed by atoms with Crippen LogP contribution < -0.4 is 9.80 Å². The maximum atomic E-state index is 9.73. The summed E-state index contributed by atoms with van der Waals surface area (Å²) in [5, 5.41) is 9.73. The van der Waals surface area contributed by atoms with E-state index in [4.69, 9.17) is 0 Å². The minimum atomic E-state index is -0.531. The molecule has 70 valence electrons. The highest BCUT2D eigenvalue weighted by molar-refractivity contribution is 5.76. The van der Waals surface area contributed by atoms with Gasteiger partial charge in [0.05, 0.1) is 11.4 Å². The molecule has 0 bridgehead atoms. The molecule has 1 aliphatic rings. The highest BCUT2D eigenvalue weighted by Crippen LogP contribution is 2.36. The lowest BCUT2D eigenvalue weighted by molar-refractivity contribution is 0.183. The van der Waals surface area contributed by atoms with Crippen LogP contribution in [0.25, 0.3) is 0 Å². The normalized spacial score (nSPS) is 20.8. The summed E-state index contributed by atoms with van der Waals surface area (Å²) in [6, 6.07) is 6.18. The van der Waals surface area contributed by atoms with E-state index in [1.807, 2.05) is 30.0 Å². The Kier molecular flexibility index (Phi) is 1.70. The molecule has 3 heteroatoms. The Balaban J connectivity index is 2.54. The smallest absolute Gasteiger partial charge is 0.207 e. The Hall–Kier alpha value is -1.22. The third-order valence-corrected chi connectivity index (χ3v) is 2.58. The van der Waals surface area contributed by atoms with Gasteiger partial charge in [0.15, 0.2) is 0 Å². The molecule has 13 heavy (non-hydrogen) atoms. The quantitative estimate of drug-likeness (QED) is 0.645. The van der Waals surface area contributed by atoms with Crippen molar-refractivity contribution < 1.29 is 5.11 Å². The van der Waals surface area contributed by atoms with Crippen LogP contribution in [0.4, 0.5) is 11.4 Å². The molecule has 1 aromatic rings. The largest absolute Gasteiger partial charge is 0.356 e. The summed E-state index contributed by atoms with van der Waals surface area (Å²) in [4.78, 5) is 3.72. The van der Waals surface area contributed by atoms with Gasteiger partial charge in [0, 0.05) is 14.1 Å². The first kappa shape index (κ1) is 8.38. The van der Waals surface area contributed by atoms with Gasteiger partial charge in [-0.15, -0.1) is 0 Å². The Labute approximate surface area is 78.2 Å². The van der Waals surface area contributed by atoms with Gasteiger partial charge in [-0.25, -0.2) is 0 Å². The summed E-state index contributed by atoms with van der Waals surface area (Å²) >= 11 is 0. The third kappa shape index (κ3) is 1.08. The van der Waals surface area contributed by atoms with Gasteiger partial charge >= 0.3 is 0 Å². The van der Waals surface area contributed by atoms with Crippen molar-refractivity contribution in [1.82, 2.24) is 0 Å². The minimum Gasteiger partial charge on any atom is -0.356 e. The van der Waals surface area contributed by atoms with Gasteiger partial charge < -0.3 is 14.9 Å². The SMILES string of the molecule is Cc1ccc2c(c1)N(C)C(O)N2C. The molecule has 0 aliphatic carbocycles. The molecular formula is C10H14N2O. The van der Waals surface area contributed by atoms with Crippen LogP contribution in [0.15, 0.2) is 18.2 Å². The number of hydrogen-bond donors (Lipinski definition) is 1. The van der Waals surface area contributed by atoms with Gasteiger partial charge in [-0.2, -0.15) is 0 Å². The monoisotopic (exact) mass is 178 g/mol. The maximum absolute atomic E-state index is 9.73.